The van der Waals surface area contributed by atoms with Gasteiger partial charge in [0.1, 0.15) is 12.4 Å². The zero-order valence-electron chi connectivity index (χ0n) is 14.8. The molecule has 0 aliphatic heterocycles. The summed E-state index contributed by atoms with van der Waals surface area (Å²) in [5.74, 6) is 2.15. The van der Waals surface area contributed by atoms with Crippen LogP contribution in [0.25, 0.3) is 22.4 Å². The normalized spacial score (nSPS) is 10.8. The average molecular weight is 344 g/mol. The Morgan fingerprint density at radius 1 is 0.923 bits per heavy atom. The van der Waals surface area contributed by atoms with Crippen LogP contribution in [0.5, 0.6) is 11.5 Å². The van der Waals surface area contributed by atoms with Gasteiger partial charge in [0.15, 0.2) is 11.5 Å². The van der Waals surface area contributed by atoms with Gasteiger partial charge in [0.05, 0.1) is 23.7 Å². The van der Waals surface area contributed by atoms with E-state index in [9.17, 15) is 0 Å². The maximum Gasteiger partial charge on any atom is 0.172 e. The van der Waals surface area contributed by atoms with Crippen molar-refractivity contribution in [1.29, 1.82) is 0 Å². The van der Waals surface area contributed by atoms with Crippen LogP contribution in [-0.2, 0) is 6.61 Å². The fraction of sp³-hybridized carbons (Fsp3) is 0.136. The number of fused-ring (bicyclic) bond motifs is 1. The summed E-state index contributed by atoms with van der Waals surface area (Å²) in [6.07, 6.45) is 0. The van der Waals surface area contributed by atoms with E-state index in [1.165, 1.54) is 5.56 Å². The molecule has 1 aromatic heterocycles. The first-order valence-electron chi connectivity index (χ1n) is 8.55. The Balaban J connectivity index is 1.74. The molecule has 0 radical (unpaired) electrons. The molecule has 0 aliphatic rings. The van der Waals surface area contributed by atoms with E-state index in [1.54, 1.807) is 7.11 Å². The molecule has 0 fully saturated rings. The molecule has 1 N–H and O–H groups in total. The molecule has 0 aliphatic carbocycles. The number of nitrogens with one attached hydrogen (secondary N) is 1. The summed E-state index contributed by atoms with van der Waals surface area (Å²) < 4.78 is 11.7. The molecule has 3 aromatic carbocycles. The summed E-state index contributed by atoms with van der Waals surface area (Å²) in [4.78, 5) is 8.07. The number of imidazole rings is 1. The van der Waals surface area contributed by atoms with Crippen molar-refractivity contribution in [3.63, 3.8) is 0 Å². The van der Waals surface area contributed by atoms with Gasteiger partial charge in [-0.05, 0) is 42.3 Å². The van der Waals surface area contributed by atoms with E-state index in [0.29, 0.717) is 18.1 Å². The molecule has 0 bridgehead atoms. The second-order valence-electron chi connectivity index (χ2n) is 6.15. The molecule has 4 rings (SSSR count). The van der Waals surface area contributed by atoms with E-state index >= 15 is 0 Å². The quantitative estimate of drug-likeness (QED) is 0.546. The minimum atomic E-state index is 0.472. The molecule has 1 heterocycles. The van der Waals surface area contributed by atoms with Crippen LogP contribution in [0.2, 0.25) is 0 Å². The third-order valence-corrected chi connectivity index (χ3v) is 4.48. The number of aromatic amines is 1. The van der Waals surface area contributed by atoms with E-state index in [4.69, 9.17) is 14.5 Å². The van der Waals surface area contributed by atoms with E-state index in [-0.39, 0.29) is 0 Å². The summed E-state index contributed by atoms with van der Waals surface area (Å²) >= 11 is 0. The Hall–Kier alpha value is -3.27. The summed E-state index contributed by atoms with van der Waals surface area (Å²) in [5, 5.41) is 0. The smallest absolute Gasteiger partial charge is 0.172 e. The molecule has 0 atom stereocenters. The van der Waals surface area contributed by atoms with Crippen molar-refractivity contribution in [3.05, 3.63) is 77.9 Å². The Labute approximate surface area is 152 Å². The largest absolute Gasteiger partial charge is 0.493 e. The topological polar surface area (TPSA) is 47.1 Å². The van der Waals surface area contributed by atoms with Gasteiger partial charge < -0.3 is 14.5 Å². The third-order valence-electron chi connectivity index (χ3n) is 4.48. The first kappa shape index (κ1) is 16.2. The van der Waals surface area contributed by atoms with Gasteiger partial charge in [-0.25, -0.2) is 4.98 Å². The van der Waals surface area contributed by atoms with Gasteiger partial charge >= 0.3 is 0 Å². The lowest BCUT2D eigenvalue weighted by Gasteiger charge is -2.15. The highest BCUT2D eigenvalue weighted by Gasteiger charge is 2.16. The third kappa shape index (κ3) is 3.02. The van der Waals surface area contributed by atoms with E-state index < -0.39 is 0 Å². The number of benzene rings is 3. The highest BCUT2D eigenvalue weighted by molar-refractivity contribution is 5.81. The van der Waals surface area contributed by atoms with Crippen molar-refractivity contribution in [2.24, 2.45) is 0 Å². The van der Waals surface area contributed by atoms with Crippen molar-refractivity contribution in [2.45, 2.75) is 13.5 Å². The van der Waals surface area contributed by atoms with Gasteiger partial charge in [-0.15, -0.1) is 0 Å². The number of aryl methyl sites for hydroxylation is 1. The van der Waals surface area contributed by atoms with Gasteiger partial charge in [-0.3, -0.25) is 0 Å². The molecule has 130 valence electrons. The van der Waals surface area contributed by atoms with E-state index in [0.717, 1.165) is 28.0 Å². The number of hydrogen-bond acceptors (Lipinski definition) is 3. The number of aromatic nitrogens is 2. The van der Waals surface area contributed by atoms with Gasteiger partial charge in [0.25, 0.3) is 0 Å². The van der Waals surface area contributed by atoms with Crippen LogP contribution in [0.1, 0.15) is 11.1 Å². The maximum atomic E-state index is 6.19. The number of H-pyrrole nitrogens is 1. The van der Waals surface area contributed by atoms with Gasteiger partial charge in [-0.1, -0.05) is 42.5 Å². The summed E-state index contributed by atoms with van der Waals surface area (Å²) in [6.45, 7) is 2.56. The van der Waals surface area contributed by atoms with Crippen LogP contribution in [0.4, 0.5) is 0 Å². The van der Waals surface area contributed by atoms with Gasteiger partial charge in [0, 0.05) is 0 Å². The number of hydrogen-bond donors (Lipinski definition) is 1. The fourth-order valence-corrected chi connectivity index (χ4v) is 3.01. The number of methoxy groups -OCH3 is 1. The number of para-hydroxylation sites is 3. The lowest BCUT2D eigenvalue weighted by atomic mass is 10.1. The average Bonchev–Trinajstić information content (AvgIpc) is 3.11. The zero-order valence-corrected chi connectivity index (χ0v) is 14.8. The lowest BCUT2D eigenvalue weighted by molar-refractivity contribution is 0.285. The molecular formula is C22H20N2O2. The molecule has 4 nitrogen and oxygen atoms in total. The summed E-state index contributed by atoms with van der Waals surface area (Å²) in [6, 6.07) is 22.0. The standard InChI is InChI=1S/C22H20N2O2/c1-15-8-3-4-9-16(15)14-26-21-17(10-7-13-20(21)25-2)22-23-18-11-5-6-12-19(18)24-22/h3-13H,14H2,1-2H3,(H,23,24). The fourth-order valence-electron chi connectivity index (χ4n) is 3.01. The minimum Gasteiger partial charge on any atom is -0.493 e. The molecule has 4 heteroatoms. The van der Waals surface area contributed by atoms with Crippen molar-refractivity contribution in [1.82, 2.24) is 9.97 Å². The molecule has 0 saturated heterocycles. The summed E-state index contributed by atoms with van der Waals surface area (Å²) in [5.41, 5.74) is 5.15. The van der Waals surface area contributed by atoms with Crippen molar-refractivity contribution >= 4 is 11.0 Å². The highest BCUT2D eigenvalue weighted by Crippen LogP contribution is 2.38. The Morgan fingerprint density at radius 3 is 2.54 bits per heavy atom. The molecule has 0 saturated carbocycles. The molecule has 0 unspecified atom stereocenters. The molecule has 4 aromatic rings. The molecule has 0 spiro atoms. The number of nitrogens with zero attached hydrogens (tertiary/aromatic N) is 1. The number of rotatable bonds is 5. The highest BCUT2D eigenvalue weighted by atomic mass is 16.5. The van der Waals surface area contributed by atoms with Crippen molar-refractivity contribution < 1.29 is 9.47 Å². The summed E-state index contributed by atoms with van der Waals surface area (Å²) in [7, 11) is 1.65. The Bertz CT molecular complexity index is 1020. The van der Waals surface area contributed by atoms with Crippen LogP contribution in [-0.4, -0.2) is 17.1 Å². The Kier molecular flexibility index (Phi) is 4.32. The minimum absolute atomic E-state index is 0.472. The van der Waals surface area contributed by atoms with Crippen LogP contribution < -0.4 is 9.47 Å². The predicted octanol–water partition coefficient (Wildman–Crippen LogP) is 5.13. The first-order valence-corrected chi connectivity index (χ1v) is 8.55. The van der Waals surface area contributed by atoms with Gasteiger partial charge in [0.2, 0.25) is 0 Å². The van der Waals surface area contributed by atoms with Crippen LogP contribution in [0.3, 0.4) is 0 Å². The molecular weight excluding hydrogens is 324 g/mol. The monoisotopic (exact) mass is 344 g/mol. The first-order chi connectivity index (χ1) is 12.8. The van der Waals surface area contributed by atoms with E-state index in [1.807, 2.05) is 54.6 Å². The van der Waals surface area contributed by atoms with Crippen molar-refractivity contribution in [2.75, 3.05) is 7.11 Å². The van der Waals surface area contributed by atoms with Crippen molar-refractivity contribution in [3.8, 4) is 22.9 Å². The predicted molar refractivity (Wildman–Crippen MR) is 104 cm³/mol. The van der Waals surface area contributed by atoms with Crippen LogP contribution >= 0.6 is 0 Å². The molecule has 0 amide bonds. The van der Waals surface area contributed by atoms with Gasteiger partial charge in [-0.2, -0.15) is 0 Å². The Morgan fingerprint density at radius 2 is 1.73 bits per heavy atom. The van der Waals surface area contributed by atoms with Crippen LogP contribution in [0, 0.1) is 6.92 Å². The zero-order chi connectivity index (χ0) is 17.9. The second kappa shape index (κ2) is 6.92. The SMILES string of the molecule is COc1cccc(-c2nc3ccccc3[nH]2)c1OCc1ccccc1C. The molecule has 26 heavy (non-hydrogen) atoms. The van der Waals surface area contributed by atoms with Crippen LogP contribution in [0.15, 0.2) is 66.7 Å². The maximum absolute atomic E-state index is 6.19. The van der Waals surface area contributed by atoms with E-state index in [2.05, 4.69) is 24.0 Å². The second-order valence-corrected chi connectivity index (χ2v) is 6.15. The lowest BCUT2D eigenvalue weighted by Crippen LogP contribution is -2.01. The number of ether oxygens (including phenoxy) is 2.